The van der Waals surface area contributed by atoms with Crippen molar-refractivity contribution in [3.8, 4) is 5.75 Å². The molecular formula is C21H19ClF5NO2. The van der Waals surface area contributed by atoms with Crippen LogP contribution in [0.15, 0.2) is 36.4 Å². The van der Waals surface area contributed by atoms with Gasteiger partial charge in [-0.2, -0.15) is 13.2 Å². The van der Waals surface area contributed by atoms with Crippen molar-refractivity contribution in [3.63, 3.8) is 0 Å². The van der Waals surface area contributed by atoms with Gasteiger partial charge < -0.3 is 10.1 Å². The Morgan fingerprint density at radius 2 is 1.90 bits per heavy atom. The Morgan fingerprint density at radius 1 is 1.20 bits per heavy atom. The minimum absolute atomic E-state index is 0.0324. The summed E-state index contributed by atoms with van der Waals surface area (Å²) in [5.41, 5.74) is 0.0859. The third-order valence-electron chi connectivity index (χ3n) is 4.99. The molecule has 1 N–H and O–H groups in total. The van der Waals surface area contributed by atoms with Gasteiger partial charge in [-0.1, -0.05) is 30.7 Å². The summed E-state index contributed by atoms with van der Waals surface area (Å²) in [6.45, 7) is 0.178. The van der Waals surface area contributed by atoms with E-state index >= 15 is 0 Å². The molecule has 1 atom stereocenters. The third kappa shape index (κ3) is 5.41. The van der Waals surface area contributed by atoms with E-state index in [-0.39, 0.29) is 28.7 Å². The van der Waals surface area contributed by atoms with E-state index in [4.69, 9.17) is 16.3 Å². The van der Waals surface area contributed by atoms with Crippen molar-refractivity contribution in [2.24, 2.45) is 0 Å². The van der Waals surface area contributed by atoms with Crippen LogP contribution < -0.4 is 10.1 Å². The zero-order chi connectivity index (χ0) is 22.1. The molecule has 0 radical (unpaired) electrons. The molecule has 1 aliphatic carbocycles. The molecule has 2 aromatic carbocycles. The number of nitrogens with one attached hydrogen (secondary N) is 1. The average molecular weight is 448 g/mol. The maximum Gasteiger partial charge on any atom is 0.422 e. The Balaban J connectivity index is 1.68. The van der Waals surface area contributed by atoms with Gasteiger partial charge in [-0.25, -0.2) is 8.78 Å². The summed E-state index contributed by atoms with van der Waals surface area (Å²) in [4.78, 5) is 12.5. The molecule has 0 spiro atoms. The van der Waals surface area contributed by atoms with Gasteiger partial charge in [0.1, 0.15) is 17.4 Å². The average Bonchev–Trinajstić information content (AvgIpc) is 3.40. The van der Waals surface area contributed by atoms with Gasteiger partial charge in [0.15, 0.2) is 6.61 Å². The Morgan fingerprint density at radius 3 is 2.50 bits per heavy atom. The Bertz CT molecular complexity index is 943. The van der Waals surface area contributed by atoms with Gasteiger partial charge in [0, 0.05) is 12.5 Å². The zero-order valence-corrected chi connectivity index (χ0v) is 16.7. The van der Waals surface area contributed by atoms with Crippen molar-refractivity contribution in [3.05, 3.63) is 64.2 Å². The molecule has 30 heavy (non-hydrogen) atoms. The molecule has 1 saturated carbocycles. The van der Waals surface area contributed by atoms with Gasteiger partial charge in [-0.3, -0.25) is 4.79 Å². The zero-order valence-electron chi connectivity index (χ0n) is 16.0. The Hall–Kier alpha value is -2.35. The van der Waals surface area contributed by atoms with E-state index in [1.54, 1.807) is 13.0 Å². The summed E-state index contributed by atoms with van der Waals surface area (Å²) in [7, 11) is 0. The fraction of sp³-hybridized carbons (Fsp3) is 0.381. The molecule has 0 aromatic heterocycles. The van der Waals surface area contributed by atoms with Crippen molar-refractivity contribution in [1.82, 2.24) is 5.32 Å². The molecule has 1 amide bonds. The van der Waals surface area contributed by atoms with Crippen LogP contribution in [0.3, 0.4) is 0 Å². The number of rotatable bonds is 7. The number of benzene rings is 2. The molecule has 3 rings (SSSR count). The predicted molar refractivity (Wildman–Crippen MR) is 101 cm³/mol. The molecule has 3 nitrogen and oxygen atoms in total. The van der Waals surface area contributed by atoms with E-state index in [0.29, 0.717) is 18.4 Å². The normalized spacial score (nSPS) is 16.1. The largest absolute Gasteiger partial charge is 0.483 e. The lowest BCUT2D eigenvalue weighted by atomic mass is 9.96. The van der Waals surface area contributed by atoms with Crippen LogP contribution in [0.2, 0.25) is 5.02 Å². The maximum absolute atomic E-state index is 13.9. The van der Waals surface area contributed by atoms with E-state index in [2.05, 4.69) is 5.32 Å². The van der Waals surface area contributed by atoms with Gasteiger partial charge in [-0.15, -0.1) is 0 Å². The van der Waals surface area contributed by atoms with Crippen molar-refractivity contribution in [2.75, 3.05) is 6.61 Å². The molecule has 1 unspecified atom stereocenters. The number of amides is 1. The van der Waals surface area contributed by atoms with Crippen LogP contribution in [-0.2, 0) is 10.3 Å². The first kappa shape index (κ1) is 22.3. The van der Waals surface area contributed by atoms with E-state index in [1.165, 1.54) is 18.2 Å². The van der Waals surface area contributed by atoms with Gasteiger partial charge in [0.25, 0.3) is 0 Å². The summed E-state index contributed by atoms with van der Waals surface area (Å²) in [5, 5.41) is 2.91. The van der Waals surface area contributed by atoms with Crippen LogP contribution >= 0.6 is 11.6 Å². The summed E-state index contributed by atoms with van der Waals surface area (Å²) in [5.74, 6) is -2.38. The van der Waals surface area contributed by atoms with Gasteiger partial charge >= 0.3 is 6.18 Å². The molecule has 0 bridgehead atoms. The molecule has 9 heteroatoms. The minimum Gasteiger partial charge on any atom is -0.483 e. The molecule has 1 fully saturated rings. The van der Waals surface area contributed by atoms with Crippen molar-refractivity contribution in [2.45, 2.75) is 43.8 Å². The standard InChI is InChI=1S/C21H19ClF5NO2/c1-12(15-4-3-14(23)10-17(15)24)8-19(29)28-20(6-7-20)13-2-5-16(22)18(9-13)30-11-21(25,26)27/h2-5,9-10,12H,6-8,11H2,1H3,(H,28,29). The first-order valence-corrected chi connectivity index (χ1v) is 9.62. The van der Waals surface area contributed by atoms with Crippen LogP contribution in [0.5, 0.6) is 5.75 Å². The monoisotopic (exact) mass is 447 g/mol. The highest BCUT2D eigenvalue weighted by molar-refractivity contribution is 6.32. The SMILES string of the molecule is CC(CC(=O)NC1(c2ccc(Cl)c(OCC(F)(F)F)c2)CC1)c1ccc(F)cc1F. The Labute approximate surface area is 175 Å². The number of ether oxygens (including phenoxy) is 1. The van der Waals surface area contributed by atoms with E-state index in [0.717, 1.165) is 12.1 Å². The number of hydrogen-bond acceptors (Lipinski definition) is 2. The fourth-order valence-corrected chi connectivity index (χ4v) is 3.46. The van der Waals surface area contributed by atoms with Gasteiger partial charge in [0.2, 0.25) is 5.91 Å². The van der Waals surface area contributed by atoms with E-state index < -0.39 is 35.9 Å². The number of carbonyl (C=O) groups is 1. The third-order valence-corrected chi connectivity index (χ3v) is 5.30. The predicted octanol–water partition coefficient (Wildman–Crippen LogP) is 5.86. The fourth-order valence-electron chi connectivity index (χ4n) is 3.29. The van der Waals surface area contributed by atoms with E-state index in [1.807, 2.05) is 0 Å². The number of hydrogen-bond donors (Lipinski definition) is 1. The second kappa shape index (κ2) is 8.41. The summed E-state index contributed by atoms with van der Waals surface area (Å²) in [6, 6.07) is 7.64. The van der Waals surface area contributed by atoms with E-state index in [9.17, 15) is 26.7 Å². The van der Waals surface area contributed by atoms with Crippen molar-refractivity contribution < 1.29 is 31.5 Å². The minimum atomic E-state index is -4.50. The second-order valence-electron chi connectivity index (χ2n) is 7.45. The molecule has 0 heterocycles. The molecule has 0 aliphatic heterocycles. The highest BCUT2D eigenvalue weighted by Gasteiger charge is 2.46. The maximum atomic E-state index is 13.9. The summed E-state index contributed by atoms with van der Waals surface area (Å²) < 4.78 is 69.1. The molecule has 1 aliphatic rings. The van der Waals surface area contributed by atoms with Crippen LogP contribution in [0, 0.1) is 11.6 Å². The number of carbonyl (C=O) groups excluding carboxylic acids is 1. The smallest absolute Gasteiger partial charge is 0.422 e. The van der Waals surface area contributed by atoms with Crippen molar-refractivity contribution >= 4 is 17.5 Å². The Kier molecular flexibility index (Phi) is 6.26. The second-order valence-corrected chi connectivity index (χ2v) is 7.86. The number of alkyl halides is 3. The lowest BCUT2D eigenvalue weighted by Gasteiger charge is -2.21. The number of halogens is 6. The molecular weight excluding hydrogens is 429 g/mol. The van der Waals surface area contributed by atoms with Crippen LogP contribution in [0.4, 0.5) is 22.0 Å². The lowest BCUT2D eigenvalue weighted by Crippen LogP contribution is -2.35. The molecule has 162 valence electrons. The van der Waals surface area contributed by atoms with Gasteiger partial charge in [0.05, 0.1) is 10.6 Å². The first-order valence-electron chi connectivity index (χ1n) is 9.25. The van der Waals surface area contributed by atoms with Gasteiger partial charge in [-0.05, 0) is 48.1 Å². The molecule has 2 aromatic rings. The summed E-state index contributed by atoms with van der Waals surface area (Å²) >= 11 is 5.92. The van der Waals surface area contributed by atoms with Crippen LogP contribution in [0.1, 0.15) is 43.2 Å². The first-order chi connectivity index (χ1) is 14.0. The quantitative estimate of drug-likeness (QED) is 0.540. The molecule has 0 saturated heterocycles. The summed E-state index contributed by atoms with van der Waals surface area (Å²) in [6.07, 6.45) is -3.34. The highest BCUT2D eigenvalue weighted by atomic mass is 35.5. The highest BCUT2D eigenvalue weighted by Crippen LogP contribution is 2.47. The van der Waals surface area contributed by atoms with Crippen LogP contribution in [0.25, 0.3) is 0 Å². The lowest BCUT2D eigenvalue weighted by molar-refractivity contribution is -0.153. The van der Waals surface area contributed by atoms with Crippen LogP contribution in [-0.4, -0.2) is 18.7 Å². The topological polar surface area (TPSA) is 38.3 Å². The van der Waals surface area contributed by atoms with Crippen molar-refractivity contribution in [1.29, 1.82) is 0 Å².